The zero-order valence-electron chi connectivity index (χ0n) is 10.9. The van der Waals surface area contributed by atoms with E-state index in [0.717, 1.165) is 19.0 Å². The maximum absolute atomic E-state index is 12.3. The Bertz CT molecular complexity index is 479. The van der Waals surface area contributed by atoms with Crippen molar-refractivity contribution in [1.29, 1.82) is 0 Å². The summed E-state index contributed by atoms with van der Waals surface area (Å²) < 4.78 is 0. The number of pyridine rings is 1. The normalized spacial score (nSPS) is 10.3. The van der Waals surface area contributed by atoms with Crippen molar-refractivity contribution in [1.82, 2.24) is 9.88 Å². The summed E-state index contributed by atoms with van der Waals surface area (Å²) in [4.78, 5) is 27.8. The predicted molar refractivity (Wildman–Crippen MR) is 72.4 cm³/mol. The van der Waals surface area contributed by atoms with Crippen molar-refractivity contribution in [2.24, 2.45) is 0 Å². The summed E-state index contributed by atoms with van der Waals surface area (Å²) in [5.74, 6) is -0.382. The van der Waals surface area contributed by atoms with Crippen LogP contribution in [0.15, 0.2) is 12.3 Å². The average Bonchev–Trinajstić information content (AvgIpc) is 2.38. The van der Waals surface area contributed by atoms with E-state index in [0.29, 0.717) is 13.1 Å². The smallest absolute Gasteiger partial charge is 0.300 e. The minimum absolute atomic E-state index is 0.0112. The van der Waals surface area contributed by atoms with Crippen molar-refractivity contribution in [2.75, 3.05) is 13.1 Å². The molecule has 0 aliphatic carbocycles. The molecule has 0 fully saturated rings. The van der Waals surface area contributed by atoms with E-state index in [1.165, 1.54) is 6.07 Å². The maximum Gasteiger partial charge on any atom is 0.300 e. The summed E-state index contributed by atoms with van der Waals surface area (Å²) in [6.45, 7) is 4.92. The Kier molecular flexibility index (Phi) is 5.69. The van der Waals surface area contributed by atoms with Gasteiger partial charge in [0.1, 0.15) is 16.9 Å². The highest BCUT2D eigenvalue weighted by atomic mass is 35.5. The highest BCUT2D eigenvalue weighted by Gasteiger charge is 2.24. The molecule has 0 aliphatic heterocycles. The van der Waals surface area contributed by atoms with Gasteiger partial charge in [-0.25, -0.2) is 4.98 Å². The third-order valence-corrected chi connectivity index (χ3v) is 2.93. The van der Waals surface area contributed by atoms with Crippen LogP contribution in [0.4, 0.5) is 5.69 Å². The Morgan fingerprint density at radius 2 is 2.21 bits per heavy atom. The number of nitro groups is 1. The quantitative estimate of drug-likeness (QED) is 0.457. The lowest BCUT2D eigenvalue weighted by molar-refractivity contribution is -0.385. The average molecular weight is 286 g/mol. The molecule has 0 spiro atoms. The van der Waals surface area contributed by atoms with Crippen LogP contribution in [-0.4, -0.2) is 33.8 Å². The first-order chi connectivity index (χ1) is 9.01. The molecule has 19 heavy (non-hydrogen) atoms. The van der Waals surface area contributed by atoms with Crippen LogP contribution in [0.5, 0.6) is 0 Å². The molecule has 0 aromatic carbocycles. The number of halogens is 1. The van der Waals surface area contributed by atoms with E-state index in [4.69, 9.17) is 11.6 Å². The Balaban J connectivity index is 3.09. The highest BCUT2D eigenvalue weighted by molar-refractivity contribution is 6.29. The minimum atomic E-state index is -0.621. The fraction of sp³-hybridized carbons (Fsp3) is 0.500. The molecule has 0 saturated carbocycles. The molecule has 6 nitrogen and oxygen atoms in total. The fourth-order valence-corrected chi connectivity index (χ4v) is 1.82. The molecule has 0 radical (unpaired) electrons. The molecule has 1 rings (SSSR count). The van der Waals surface area contributed by atoms with Gasteiger partial charge in [-0.05, 0) is 19.4 Å². The highest BCUT2D eigenvalue weighted by Crippen LogP contribution is 2.22. The molecule has 0 bridgehead atoms. The summed E-state index contributed by atoms with van der Waals surface area (Å²) in [6, 6.07) is 1.25. The van der Waals surface area contributed by atoms with Gasteiger partial charge in [0, 0.05) is 13.1 Å². The Hall–Kier alpha value is -1.69. The minimum Gasteiger partial charge on any atom is -0.339 e. The fourth-order valence-electron chi connectivity index (χ4n) is 1.66. The number of carbonyl (C=O) groups excluding carboxylic acids is 1. The second-order valence-corrected chi connectivity index (χ2v) is 4.41. The van der Waals surface area contributed by atoms with Crippen molar-refractivity contribution in [2.45, 2.75) is 26.7 Å². The van der Waals surface area contributed by atoms with E-state index >= 15 is 0 Å². The molecule has 1 aromatic heterocycles. The Morgan fingerprint density at radius 1 is 1.53 bits per heavy atom. The van der Waals surface area contributed by atoms with Crippen molar-refractivity contribution in [3.05, 3.63) is 33.1 Å². The van der Waals surface area contributed by atoms with Gasteiger partial charge in [0.2, 0.25) is 0 Å². The van der Waals surface area contributed by atoms with Gasteiger partial charge in [-0.1, -0.05) is 24.9 Å². The van der Waals surface area contributed by atoms with Crippen molar-refractivity contribution >= 4 is 23.2 Å². The first kappa shape index (κ1) is 15.4. The predicted octanol–water partition coefficient (Wildman–Crippen LogP) is 2.91. The van der Waals surface area contributed by atoms with Crippen LogP contribution >= 0.6 is 11.6 Å². The van der Waals surface area contributed by atoms with Gasteiger partial charge in [-0.2, -0.15) is 0 Å². The van der Waals surface area contributed by atoms with Crippen LogP contribution in [0.1, 0.15) is 37.0 Å². The molecule has 1 amide bonds. The molecular formula is C12H16ClN3O3. The summed E-state index contributed by atoms with van der Waals surface area (Å²) in [5, 5.41) is 11.0. The van der Waals surface area contributed by atoms with Gasteiger partial charge < -0.3 is 4.90 Å². The third kappa shape index (κ3) is 3.89. The second kappa shape index (κ2) is 7.04. The maximum atomic E-state index is 12.3. The van der Waals surface area contributed by atoms with E-state index in [2.05, 4.69) is 4.98 Å². The first-order valence-corrected chi connectivity index (χ1v) is 6.48. The van der Waals surface area contributed by atoms with Gasteiger partial charge in [0.15, 0.2) is 0 Å². The van der Waals surface area contributed by atoms with Crippen LogP contribution in [0.25, 0.3) is 0 Å². The molecule has 0 N–H and O–H groups in total. The van der Waals surface area contributed by atoms with Crippen LogP contribution in [-0.2, 0) is 0 Å². The number of hydrogen-bond acceptors (Lipinski definition) is 4. The topological polar surface area (TPSA) is 76.3 Å². The molecular weight excluding hydrogens is 270 g/mol. The number of carbonyl (C=O) groups is 1. The molecule has 1 aromatic rings. The van der Waals surface area contributed by atoms with Crippen LogP contribution in [0, 0.1) is 10.1 Å². The molecule has 7 heteroatoms. The number of amides is 1. The van der Waals surface area contributed by atoms with E-state index in [9.17, 15) is 14.9 Å². The molecule has 0 atom stereocenters. The Labute approximate surface area is 116 Å². The van der Waals surface area contributed by atoms with Crippen LogP contribution < -0.4 is 0 Å². The Morgan fingerprint density at radius 3 is 2.74 bits per heavy atom. The van der Waals surface area contributed by atoms with Crippen LogP contribution in [0.3, 0.4) is 0 Å². The molecule has 0 aliphatic rings. The molecule has 1 heterocycles. The third-order valence-electron chi connectivity index (χ3n) is 2.73. The summed E-state index contributed by atoms with van der Waals surface area (Å²) in [6.07, 6.45) is 2.82. The molecule has 104 valence electrons. The number of aromatic nitrogens is 1. The largest absolute Gasteiger partial charge is 0.339 e. The van der Waals surface area contributed by atoms with Gasteiger partial charge >= 0.3 is 0 Å². The zero-order valence-corrected chi connectivity index (χ0v) is 11.7. The van der Waals surface area contributed by atoms with Gasteiger partial charge in [-0.15, -0.1) is 0 Å². The summed E-state index contributed by atoms with van der Waals surface area (Å²) >= 11 is 5.71. The number of rotatable bonds is 6. The van der Waals surface area contributed by atoms with Gasteiger partial charge in [-0.3, -0.25) is 14.9 Å². The number of hydrogen-bond donors (Lipinski definition) is 0. The summed E-state index contributed by atoms with van der Waals surface area (Å²) in [7, 11) is 0. The van der Waals surface area contributed by atoms with Crippen LogP contribution in [0.2, 0.25) is 5.15 Å². The van der Waals surface area contributed by atoms with E-state index in [1.54, 1.807) is 4.90 Å². The SMILES string of the molecule is CCCCN(CC)C(=O)c1cc(Cl)ncc1[N+](=O)[O-]. The van der Waals surface area contributed by atoms with Crippen molar-refractivity contribution in [3.8, 4) is 0 Å². The molecule has 0 unspecified atom stereocenters. The zero-order chi connectivity index (χ0) is 14.4. The summed E-state index contributed by atoms with van der Waals surface area (Å²) in [5.41, 5.74) is -0.327. The van der Waals surface area contributed by atoms with E-state index < -0.39 is 4.92 Å². The van der Waals surface area contributed by atoms with E-state index in [1.807, 2.05) is 13.8 Å². The van der Waals surface area contributed by atoms with Crippen molar-refractivity contribution in [3.63, 3.8) is 0 Å². The lowest BCUT2D eigenvalue weighted by Gasteiger charge is -2.20. The van der Waals surface area contributed by atoms with E-state index in [-0.39, 0.29) is 22.3 Å². The first-order valence-electron chi connectivity index (χ1n) is 6.10. The molecule has 0 saturated heterocycles. The standard InChI is InChI=1S/C12H16ClN3O3/c1-3-5-6-15(4-2)12(17)9-7-11(13)14-8-10(9)16(18)19/h7-8H,3-6H2,1-2H3. The monoisotopic (exact) mass is 285 g/mol. The van der Waals surface area contributed by atoms with Gasteiger partial charge in [0.05, 0.1) is 4.92 Å². The van der Waals surface area contributed by atoms with Crippen molar-refractivity contribution < 1.29 is 9.72 Å². The lowest BCUT2D eigenvalue weighted by atomic mass is 10.2. The number of nitrogens with zero attached hydrogens (tertiary/aromatic N) is 3. The second-order valence-electron chi connectivity index (χ2n) is 4.02. The lowest BCUT2D eigenvalue weighted by Crippen LogP contribution is -2.32. The van der Waals surface area contributed by atoms with Gasteiger partial charge in [0.25, 0.3) is 11.6 Å². The number of unbranched alkanes of at least 4 members (excludes halogenated alkanes) is 1.